The predicted molar refractivity (Wildman–Crippen MR) is 147 cm³/mol. The van der Waals surface area contributed by atoms with Crippen molar-refractivity contribution in [3.8, 4) is 0 Å². The molecule has 0 spiro atoms. The molecule has 0 aromatic carbocycles. The van der Waals surface area contributed by atoms with Gasteiger partial charge in [-0.2, -0.15) is 0 Å². The van der Waals surface area contributed by atoms with Crippen LogP contribution >= 0.6 is 10.0 Å². The SMILES string of the molecule is CCCCCS(C)(C(C)CC)C(CCCC)CCCC(C)CCCCC(C)CCC. The van der Waals surface area contributed by atoms with Crippen molar-refractivity contribution in [2.24, 2.45) is 11.8 Å². The maximum absolute atomic E-state index is 2.75. The summed E-state index contributed by atoms with van der Waals surface area (Å²) >= 11 is 0. The molecule has 0 aliphatic carbocycles. The summed E-state index contributed by atoms with van der Waals surface area (Å²) in [4.78, 5) is 0. The fourth-order valence-corrected chi connectivity index (χ4v) is 9.71. The lowest BCUT2D eigenvalue weighted by Crippen LogP contribution is -2.29. The molecular formula is C29H62S. The Morgan fingerprint density at radius 3 is 1.60 bits per heavy atom. The summed E-state index contributed by atoms with van der Waals surface area (Å²) in [5.41, 5.74) is 0. The van der Waals surface area contributed by atoms with Crippen LogP contribution in [0.1, 0.15) is 151 Å². The fraction of sp³-hybridized carbons (Fsp3) is 1.00. The maximum atomic E-state index is 2.75. The number of rotatable bonds is 21. The summed E-state index contributed by atoms with van der Waals surface area (Å²) < 4.78 is 0. The van der Waals surface area contributed by atoms with Crippen LogP contribution in [0.5, 0.6) is 0 Å². The van der Waals surface area contributed by atoms with Crippen LogP contribution in [-0.4, -0.2) is 22.5 Å². The topological polar surface area (TPSA) is 0 Å². The molecule has 0 aliphatic heterocycles. The van der Waals surface area contributed by atoms with E-state index >= 15 is 0 Å². The molecule has 0 aromatic heterocycles. The van der Waals surface area contributed by atoms with Gasteiger partial charge in [-0.15, -0.1) is 0 Å². The molecule has 0 aromatic rings. The van der Waals surface area contributed by atoms with Gasteiger partial charge in [-0.05, 0) is 60.0 Å². The summed E-state index contributed by atoms with van der Waals surface area (Å²) in [6, 6.07) is 0. The smallest absolute Gasteiger partial charge is 0.0112 e. The summed E-state index contributed by atoms with van der Waals surface area (Å²) in [6.45, 7) is 17.1. The number of hydrogen-bond acceptors (Lipinski definition) is 0. The monoisotopic (exact) mass is 442 g/mol. The largest absolute Gasteiger partial charge is 0.238 e. The lowest BCUT2D eigenvalue weighted by molar-refractivity contribution is 0.408. The Hall–Kier alpha value is 0.350. The lowest BCUT2D eigenvalue weighted by atomic mass is 9.93. The van der Waals surface area contributed by atoms with Crippen LogP contribution in [0.15, 0.2) is 0 Å². The highest BCUT2D eigenvalue weighted by Crippen LogP contribution is 2.58. The Labute approximate surface area is 195 Å². The van der Waals surface area contributed by atoms with E-state index < -0.39 is 10.0 Å². The molecular weight excluding hydrogens is 380 g/mol. The molecule has 0 saturated heterocycles. The molecule has 30 heavy (non-hydrogen) atoms. The van der Waals surface area contributed by atoms with E-state index in [2.05, 4.69) is 54.7 Å². The van der Waals surface area contributed by atoms with E-state index in [1.54, 1.807) is 0 Å². The van der Waals surface area contributed by atoms with Gasteiger partial charge in [0, 0.05) is 0 Å². The van der Waals surface area contributed by atoms with E-state index in [-0.39, 0.29) is 0 Å². The molecule has 5 unspecified atom stereocenters. The van der Waals surface area contributed by atoms with Crippen LogP contribution in [-0.2, 0) is 0 Å². The van der Waals surface area contributed by atoms with E-state index in [1.165, 1.54) is 108 Å². The third kappa shape index (κ3) is 13.0. The zero-order valence-electron chi connectivity index (χ0n) is 22.7. The highest BCUT2D eigenvalue weighted by Gasteiger charge is 2.32. The minimum atomic E-state index is -0.487. The molecule has 0 radical (unpaired) electrons. The maximum Gasteiger partial charge on any atom is -0.0112 e. The highest BCUT2D eigenvalue weighted by molar-refractivity contribution is 8.34. The van der Waals surface area contributed by atoms with Gasteiger partial charge in [-0.1, -0.05) is 126 Å². The van der Waals surface area contributed by atoms with E-state index in [1.807, 2.05) is 0 Å². The summed E-state index contributed by atoms with van der Waals surface area (Å²) in [6.07, 6.45) is 25.8. The Morgan fingerprint density at radius 2 is 1.07 bits per heavy atom. The van der Waals surface area contributed by atoms with Crippen LogP contribution in [0.25, 0.3) is 0 Å². The van der Waals surface area contributed by atoms with E-state index in [0.717, 1.165) is 22.3 Å². The van der Waals surface area contributed by atoms with Crippen molar-refractivity contribution in [2.75, 3.05) is 12.0 Å². The van der Waals surface area contributed by atoms with E-state index in [9.17, 15) is 0 Å². The first-order valence-corrected chi connectivity index (χ1v) is 16.4. The molecule has 0 heterocycles. The Balaban J connectivity index is 4.57. The van der Waals surface area contributed by atoms with Crippen molar-refractivity contribution >= 4 is 10.0 Å². The van der Waals surface area contributed by atoms with Gasteiger partial charge in [0.25, 0.3) is 0 Å². The highest BCUT2D eigenvalue weighted by atomic mass is 32.3. The number of unbranched alkanes of at least 4 members (excludes halogenated alkanes) is 4. The van der Waals surface area contributed by atoms with Gasteiger partial charge < -0.3 is 0 Å². The van der Waals surface area contributed by atoms with Gasteiger partial charge in [-0.3, -0.25) is 0 Å². The van der Waals surface area contributed by atoms with Crippen LogP contribution < -0.4 is 0 Å². The van der Waals surface area contributed by atoms with Gasteiger partial charge >= 0.3 is 0 Å². The molecule has 5 atom stereocenters. The average molecular weight is 443 g/mol. The van der Waals surface area contributed by atoms with Crippen LogP contribution in [0.4, 0.5) is 0 Å². The second-order valence-electron chi connectivity index (χ2n) is 10.8. The molecule has 0 bridgehead atoms. The molecule has 0 fully saturated rings. The van der Waals surface area contributed by atoms with Gasteiger partial charge in [-0.25, -0.2) is 10.0 Å². The van der Waals surface area contributed by atoms with Gasteiger partial charge in [0.1, 0.15) is 0 Å². The summed E-state index contributed by atoms with van der Waals surface area (Å²) in [7, 11) is -0.487. The van der Waals surface area contributed by atoms with Crippen LogP contribution in [0, 0.1) is 11.8 Å². The van der Waals surface area contributed by atoms with Crippen molar-refractivity contribution < 1.29 is 0 Å². The quantitative estimate of drug-likeness (QED) is 0.155. The van der Waals surface area contributed by atoms with Gasteiger partial charge in [0.2, 0.25) is 0 Å². The molecule has 1 heteroatoms. The average Bonchev–Trinajstić information content (AvgIpc) is 2.73. The van der Waals surface area contributed by atoms with E-state index in [0.29, 0.717) is 0 Å². The van der Waals surface area contributed by atoms with Crippen molar-refractivity contribution in [2.45, 2.75) is 162 Å². The Morgan fingerprint density at radius 1 is 0.533 bits per heavy atom. The van der Waals surface area contributed by atoms with Crippen molar-refractivity contribution in [3.63, 3.8) is 0 Å². The molecule has 0 saturated carbocycles. The third-order valence-corrected chi connectivity index (χ3v) is 13.3. The van der Waals surface area contributed by atoms with Crippen molar-refractivity contribution in [1.29, 1.82) is 0 Å². The second kappa shape index (κ2) is 18.9. The minimum absolute atomic E-state index is 0.487. The first kappa shape index (κ1) is 30.4. The lowest BCUT2D eigenvalue weighted by Gasteiger charge is -2.49. The molecule has 0 rings (SSSR count). The first-order valence-electron chi connectivity index (χ1n) is 14.1. The van der Waals surface area contributed by atoms with Crippen LogP contribution in [0.3, 0.4) is 0 Å². The number of hydrogen-bond donors (Lipinski definition) is 0. The second-order valence-corrected chi connectivity index (χ2v) is 15.2. The van der Waals surface area contributed by atoms with Gasteiger partial charge in [0.05, 0.1) is 0 Å². The van der Waals surface area contributed by atoms with Crippen molar-refractivity contribution in [1.82, 2.24) is 0 Å². The summed E-state index contributed by atoms with van der Waals surface area (Å²) in [5.74, 6) is 3.41. The van der Waals surface area contributed by atoms with Gasteiger partial charge in [0.15, 0.2) is 0 Å². The molecule has 0 amide bonds. The fourth-order valence-electron chi connectivity index (χ4n) is 5.32. The minimum Gasteiger partial charge on any atom is -0.238 e. The predicted octanol–water partition coefficient (Wildman–Crippen LogP) is 10.8. The van der Waals surface area contributed by atoms with Crippen LogP contribution in [0.2, 0.25) is 0 Å². The Kier molecular flexibility index (Phi) is 19.1. The summed E-state index contributed by atoms with van der Waals surface area (Å²) in [5, 5.41) is 1.96. The molecule has 0 N–H and O–H groups in total. The molecule has 184 valence electrons. The van der Waals surface area contributed by atoms with E-state index in [4.69, 9.17) is 0 Å². The zero-order chi connectivity index (χ0) is 22.8. The van der Waals surface area contributed by atoms with Crippen molar-refractivity contribution in [3.05, 3.63) is 0 Å². The first-order chi connectivity index (χ1) is 14.3. The normalized spacial score (nSPS) is 19.1. The Bertz CT molecular complexity index is 365. The third-order valence-electron chi connectivity index (χ3n) is 7.97. The standard InChI is InChI=1S/C29H62S/c1-9-13-17-25-30(8,28(7)12-4)29(23-14-10-2)24-18-22-27(6)21-16-15-20-26(5)19-11-3/h26-29H,9-25H2,1-8H3. The molecule has 0 nitrogen and oxygen atoms in total. The molecule has 0 aliphatic rings. The zero-order valence-corrected chi connectivity index (χ0v) is 23.6.